The Morgan fingerprint density at radius 2 is 1.73 bits per heavy atom. The summed E-state index contributed by atoms with van der Waals surface area (Å²) in [5.74, 6) is 0.0225. The van der Waals surface area contributed by atoms with Crippen molar-refractivity contribution >= 4 is 18.4 Å². The summed E-state index contributed by atoms with van der Waals surface area (Å²) in [6.45, 7) is 1.79. The molecular formula is C12H15NOS. The molecule has 0 atom stereocenters. The number of carbonyl (C=O) groups is 1. The lowest BCUT2D eigenvalue weighted by Gasteiger charge is -2.14. The summed E-state index contributed by atoms with van der Waals surface area (Å²) < 4.78 is 0. The molecule has 3 heteroatoms. The highest BCUT2D eigenvalue weighted by Gasteiger charge is 2.11. The summed E-state index contributed by atoms with van der Waals surface area (Å²) in [5, 5.41) is 0.698. The molecule has 0 amide bonds. The minimum Gasteiger partial charge on any atom is -0.372 e. The average Bonchev–Trinajstić information content (AvgIpc) is 2.27. The molecule has 15 heavy (non-hydrogen) atoms. The van der Waals surface area contributed by atoms with Gasteiger partial charge in [0, 0.05) is 25.2 Å². The summed E-state index contributed by atoms with van der Waals surface area (Å²) in [6, 6.07) is 9.22. The summed E-state index contributed by atoms with van der Waals surface area (Å²) >= 11 is 4.29. The van der Waals surface area contributed by atoms with Crippen LogP contribution in [0.2, 0.25) is 0 Å². The van der Waals surface area contributed by atoms with Crippen LogP contribution < -0.4 is 0 Å². The van der Waals surface area contributed by atoms with Crippen LogP contribution in [0.5, 0.6) is 0 Å². The zero-order chi connectivity index (χ0) is 11.4. The summed E-state index contributed by atoms with van der Waals surface area (Å²) in [6.07, 6.45) is 0. The van der Waals surface area contributed by atoms with Crippen LogP contribution in [0.15, 0.2) is 40.9 Å². The number of benzene rings is 1. The molecule has 0 fully saturated rings. The second-order valence-electron chi connectivity index (χ2n) is 3.54. The van der Waals surface area contributed by atoms with E-state index in [2.05, 4.69) is 12.6 Å². The Labute approximate surface area is 96.0 Å². The van der Waals surface area contributed by atoms with Gasteiger partial charge in [0.05, 0.1) is 5.03 Å². The monoisotopic (exact) mass is 221 g/mol. The van der Waals surface area contributed by atoms with Crippen molar-refractivity contribution in [1.29, 1.82) is 0 Å². The zero-order valence-corrected chi connectivity index (χ0v) is 10.1. The van der Waals surface area contributed by atoms with Gasteiger partial charge in [-0.2, -0.15) is 0 Å². The third kappa shape index (κ3) is 2.86. The maximum atomic E-state index is 12.0. The van der Waals surface area contributed by atoms with Crippen LogP contribution in [0.4, 0.5) is 0 Å². The molecule has 80 valence electrons. The smallest absolute Gasteiger partial charge is 0.191 e. The highest BCUT2D eigenvalue weighted by atomic mass is 32.1. The van der Waals surface area contributed by atoms with E-state index in [1.54, 1.807) is 6.92 Å². The third-order valence-electron chi connectivity index (χ3n) is 2.14. The Bertz CT molecular complexity index is 382. The Kier molecular flexibility index (Phi) is 3.97. The number of hydrogen-bond acceptors (Lipinski definition) is 3. The molecule has 1 aromatic rings. The number of nitrogens with zero attached hydrogens (tertiary/aromatic N) is 1. The molecular weight excluding hydrogens is 206 g/mol. The van der Waals surface area contributed by atoms with E-state index in [4.69, 9.17) is 0 Å². The van der Waals surface area contributed by atoms with Crippen LogP contribution in [0.25, 0.3) is 0 Å². The lowest BCUT2D eigenvalue weighted by molar-refractivity contribution is 0.103. The van der Waals surface area contributed by atoms with Gasteiger partial charge in [0.25, 0.3) is 0 Å². The fourth-order valence-electron chi connectivity index (χ4n) is 1.24. The van der Waals surface area contributed by atoms with E-state index in [-0.39, 0.29) is 5.78 Å². The van der Waals surface area contributed by atoms with Gasteiger partial charge < -0.3 is 4.90 Å². The van der Waals surface area contributed by atoms with Crippen molar-refractivity contribution in [2.75, 3.05) is 14.1 Å². The molecule has 0 aliphatic rings. The molecule has 0 bridgehead atoms. The van der Waals surface area contributed by atoms with E-state index >= 15 is 0 Å². The predicted molar refractivity (Wildman–Crippen MR) is 66.1 cm³/mol. The van der Waals surface area contributed by atoms with Crippen molar-refractivity contribution in [3.63, 3.8) is 0 Å². The molecule has 0 aliphatic carbocycles. The molecule has 1 aromatic carbocycles. The van der Waals surface area contributed by atoms with Crippen LogP contribution in [0, 0.1) is 0 Å². The van der Waals surface area contributed by atoms with Crippen LogP contribution in [-0.2, 0) is 0 Å². The van der Waals surface area contributed by atoms with Crippen LogP contribution >= 0.6 is 12.6 Å². The van der Waals surface area contributed by atoms with Crippen molar-refractivity contribution in [2.24, 2.45) is 0 Å². The third-order valence-corrected chi connectivity index (χ3v) is 2.87. The number of rotatable bonds is 3. The maximum Gasteiger partial charge on any atom is 0.191 e. The van der Waals surface area contributed by atoms with Crippen molar-refractivity contribution < 1.29 is 4.79 Å². The largest absolute Gasteiger partial charge is 0.372 e. The second-order valence-corrected chi connectivity index (χ2v) is 3.96. The maximum absolute atomic E-state index is 12.0. The number of hydrogen-bond donors (Lipinski definition) is 1. The number of allylic oxidation sites excluding steroid dienone is 1. The predicted octanol–water partition coefficient (Wildman–Crippen LogP) is 2.59. The van der Waals surface area contributed by atoms with E-state index in [0.29, 0.717) is 16.2 Å². The zero-order valence-electron chi connectivity index (χ0n) is 9.19. The SMILES string of the molecule is CC(C(=O)c1ccccc1)=C(S)N(C)C. The van der Waals surface area contributed by atoms with Gasteiger partial charge in [-0.05, 0) is 6.92 Å². The van der Waals surface area contributed by atoms with Crippen molar-refractivity contribution in [3.05, 3.63) is 46.5 Å². The molecule has 0 heterocycles. The molecule has 0 aliphatic heterocycles. The molecule has 0 unspecified atom stereocenters. The normalized spacial score (nSPS) is 12.0. The minimum atomic E-state index is 0.0225. The Hall–Kier alpha value is -1.22. The van der Waals surface area contributed by atoms with Crippen LogP contribution in [0.1, 0.15) is 17.3 Å². The fourth-order valence-corrected chi connectivity index (χ4v) is 1.34. The number of carbonyl (C=O) groups excluding carboxylic acids is 1. The molecule has 0 spiro atoms. The first-order chi connectivity index (χ1) is 7.04. The minimum absolute atomic E-state index is 0.0225. The van der Waals surface area contributed by atoms with Gasteiger partial charge in [-0.1, -0.05) is 30.3 Å². The van der Waals surface area contributed by atoms with Crippen molar-refractivity contribution in [1.82, 2.24) is 4.90 Å². The number of ketones is 1. The topological polar surface area (TPSA) is 20.3 Å². The van der Waals surface area contributed by atoms with E-state index in [9.17, 15) is 4.79 Å². The Balaban J connectivity index is 3.01. The van der Waals surface area contributed by atoms with E-state index in [1.165, 1.54) is 0 Å². The molecule has 2 nitrogen and oxygen atoms in total. The Morgan fingerprint density at radius 1 is 1.20 bits per heavy atom. The van der Waals surface area contributed by atoms with Crippen LogP contribution in [0.3, 0.4) is 0 Å². The van der Waals surface area contributed by atoms with Gasteiger partial charge >= 0.3 is 0 Å². The van der Waals surface area contributed by atoms with Gasteiger partial charge in [-0.15, -0.1) is 12.6 Å². The summed E-state index contributed by atoms with van der Waals surface area (Å²) in [5.41, 5.74) is 1.36. The highest BCUT2D eigenvalue weighted by molar-refractivity contribution is 7.84. The molecule has 0 radical (unpaired) electrons. The van der Waals surface area contributed by atoms with Gasteiger partial charge in [0.15, 0.2) is 5.78 Å². The molecule has 0 saturated carbocycles. The average molecular weight is 221 g/mol. The molecule has 0 aromatic heterocycles. The summed E-state index contributed by atoms with van der Waals surface area (Å²) in [7, 11) is 3.73. The lowest BCUT2D eigenvalue weighted by atomic mass is 10.1. The fraction of sp³-hybridized carbons (Fsp3) is 0.250. The van der Waals surface area contributed by atoms with Gasteiger partial charge in [0.1, 0.15) is 0 Å². The van der Waals surface area contributed by atoms with E-state index in [1.807, 2.05) is 49.3 Å². The molecule has 1 rings (SSSR count). The summed E-state index contributed by atoms with van der Waals surface area (Å²) in [4.78, 5) is 13.8. The highest BCUT2D eigenvalue weighted by Crippen LogP contribution is 2.15. The first kappa shape index (κ1) is 11.9. The van der Waals surface area contributed by atoms with Gasteiger partial charge in [-0.3, -0.25) is 4.79 Å². The van der Waals surface area contributed by atoms with Crippen molar-refractivity contribution in [2.45, 2.75) is 6.92 Å². The van der Waals surface area contributed by atoms with Crippen molar-refractivity contribution in [3.8, 4) is 0 Å². The van der Waals surface area contributed by atoms with E-state index in [0.717, 1.165) is 0 Å². The quantitative estimate of drug-likeness (QED) is 0.481. The first-order valence-electron chi connectivity index (χ1n) is 4.71. The second kappa shape index (κ2) is 5.03. The molecule has 0 N–H and O–H groups in total. The first-order valence-corrected chi connectivity index (χ1v) is 5.15. The standard InChI is InChI=1S/C12H15NOS/c1-9(12(15)13(2)3)11(14)10-7-5-4-6-8-10/h4-8,15H,1-3H3. The van der Waals surface area contributed by atoms with Gasteiger partial charge in [-0.25, -0.2) is 0 Å². The Morgan fingerprint density at radius 3 is 2.20 bits per heavy atom. The van der Waals surface area contributed by atoms with Gasteiger partial charge in [0.2, 0.25) is 0 Å². The number of thiol groups is 1. The molecule has 0 saturated heterocycles. The van der Waals surface area contributed by atoms with E-state index < -0.39 is 0 Å². The lowest BCUT2D eigenvalue weighted by Crippen LogP contribution is -2.12. The van der Waals surface area contributed by atoms with Crippen LogP contribution in [-0.4, -0.2) is 24.8 Å². The number of Topliss-reactive ketones (excluding diaryl/α,β-unsaturated/α-hetero) is 1.